The third kappa shape index (κ3) is 11.7. The molecular weight excluding hydrogens is 522 g/mol. The minimum atomic E-state index is -0.723. The number of rotatable bonds is 16. The molecule has 3 amide bonds. The molecule has 41 heavy (non-hydrogen) atoms. The monoisotopic (exact) mass is 559 g/mol. The van der Waals surface area contributed by atoms with Crippen LogP contribution in [-0.4, -0.2) is 70.6 Å². The van der Waals surface area contributed by atoms with Gasteiger partial charge in [-0.2, -0.15) is 0 Å². The average Bonchev–Trinajstić information content (AvgIpc) is 2.96. The van der Waals surface area contributed by atoms with E-state index in [4.69, 9.17) is 0 Å². The Hall–Kier alpha value is -4.48. The highest BCUT2D eigenvalue weighted by atomic mass is 16.2. The molecule has 2 aromatic heterocycles. The van der Waals surface area contributed by atoms with Crippen LogP contribution in [0.4, 0.5) is 5.69 Å². The highest BCUT2D eigenvalue weighted by Crippen LogP contribution is 2.12. The molecule has 4 N–H and O–H groups in total. The van der Waals surface area contributed by atoms with Crippen LogP contribution < -0.4 is 21.3 Å². The fourth-order valence-electron chi connectivity index (χ4n) is 4.07. The van der Waals surface area contributed by atoms with Crippen molar-refractivity contribution in [3.8, 4) is 0 Å². The van der Waals surface area contributed by atoms with Crippen LogP contribution in [0.2, 0.25) is 0 Å². The SMILES string of the molecule is CC(=O)N[C@H](C)C(=O)N[C@@H](C=O)CNCCc1ccc(NC(=O)CN(Cc2ccccn2)Cc2ccccn2)cc1. The number of amides is 3. The van der Waals surface area contributed by atoms with Crippen molar-refractivity contribution in [1.29, 1.82) is 0 Å². The summed E-state index contributed by atoms with van der Waals surface area (Å²) >= 11 is 0. The van der Waals surface area contributed by atoms with Crippen LogP contribution in [-0.2, 0) is 38.7 Å². The van der Waals surface area contributed by atoms with Gasteiger partial charge in [0.25, 0.3) is 0 Å². The van der Waals surface area contributed by atoms with E-state index in [9.17, 15) is 19.2 Å². The molecule has 0 spiro atoms. The molecule has 0 unspecified atom stereocenters. The van der Waals surface area contributed by atoms with Gasteiger partial charge in [-0.15, -0.1) is 0 Å². The lowest BCUT2D eigenvalue weighted by atomic mass is 10.1. The van der Waals surface area contributed by atoms with Crippen LogP contribution in [0.25, 0.3) is 0 Å². The highest BCUT2D eigenvalue weighted by Gasteiger charge is 2.18. The summed E-state index contributed by atoms with van der Waals surface area (Å²) in [6.07, 6.45) is 4.83. The summed E-state index contributed by atoms with van der Waals surface area (Å²) in [4.78, 5) is 58.2. The summed E-state index contributed by atoms with van der Waals surface area (Å²) in [5.74, 6) is -0.878. The first kappa shape index (κ1) is 31.1. The number of nitrogens with zero attached hydrogens (tertiary/aromatic N) is 3. The van der Waals surface area contributed by atoms with Gasteiger partial charge in [0, 0.05) is 44.6 Å². The van der Waals surface area contributed by atoms with Gasteiger partial charge in [-0.05, 0) is 61.9 Å². The lowest BCUT2D eigenvalue weighted by molar-refractivity contribution is -0.128. The van der Waals surface area contributed by atoms with Crippen molar-refractivity contribution in [1.82, 2.24) is 30.8 Å². The van der Waals surface area contributed by atoms with Crippen molar-refractivity contribution < 1.29 is 19.2 Å². The Bertz CT molecular complexity index is 1220. The average molecular weight is 560 g/mol. The van der Waals surface area contributed by atoms with E-state index in [2.05, 4.69) is 31.2 Å². The van der Waals surface area contributed by atoms with Gasteiger partial charge in [-0.25, -0.2) is 0 Å². The van der Waals surface area contributed by atoms with Gasteiger partial charge in [0.15, 0.2) is 0 Å². The zero-order valence-electron chi connectivity index (χ0n) is 23.4. The van der Waals surface area contributed by atoms with E-state index in [1.54, 1.807) is 19.3 Å². The standard InChI is InChI=1S/C30H37N7O4/c1-22(34-23(2)39)30(41)36-28(21-38)17-31-16-13-24-9-11-25(12-10-24)35-29(40)20-37(18-26-7-3-5-14-32-26)19-27-8-4-6-15-33-27/h3-12,14-15,21-22,28,31H,13,16-20H2,1-2H3,(H,34,39)(H,35,40)(H,36,41)/t22-,28-/m1/s1. The van der Waals surface area contributed by atoms with E-state index in [1.807, 2.05) is 65.6 Å². The summed E-state index contributed by atoms with van der Waals surface area (Å²) < 4.78 is 0. The Labute approximate surface area is 240 Å². The van der Waals surface area contributed by atoms with Crippen molar-refractivity contribution in [3.05, 3.63) is 90.0 Å². The number of pyridine rings is 2. The summed E-state index contributed by atoms with van der Waals surface area (Å²) in [7, 11) is 0. The maximum absolute atomic E-state index is 12.9. The minimum Gasteiger partial charge on any atom is -0.345 e. The van der Waals surface area contributed by atoms with Crippen LogP contribution in [0.1, 0.15) is 30.8 Å². The second-order valence-electron chi connectivity index (χ2n) is 9.66. The second kappa shape index (κ2) is 16.6. The molecule has 3 aromatic rings. The molecular formula is C30H37N7O4. The zero-order chi connectivity index (χ0) is 29.5. The fraction of sp³-hybridized carbons (Fsp3) is 0.333. The zero-order valence-corrected chi connectivity index (χ0v) is 23.4. The number of carbonyl (C=O) groups excluding carboxylic acids is 4. The molecule has 0 aliphatic carbocycles. The first-order chi connectivity index (χ1) is 19.8. The number of hydrogen-bond acceptors (Lipinski definition) is 8. The van der Waals surface area contributed by atoms with Crippen LogP contribution in [0, 0.1) is 0 Å². The molecule has 0 fully saturated rings. The van der Waals surface area contributed by atoms with E-state index in [1.165, 1.54) is 6.92 Å². The summed E-state index contributed by atoms with van der Waals surface area (Å²) in [5, 5.41) is 11.2. The molecule has 0 radical (unpaired) electrons. The van der Waals surface area contributed by atoms with Crippen molar-refractivity contribution in [2.24, 2.45) is 0 Å². The van der Waals surface area contributed by atoms with Gasteiger partial charge in [0.2, 0.25) is 17.7 Å². The smallest absolute Gasteiger partial charge is 0.242 e. The van der Waals surface area contributed by atoms with Gasteiger partial charge >= 0.3 is 0 Å². The molecule has 0 saturated heterocycles. The maximum atomic E-state index is 12.9. The highest BCUT2D eigenvalue weighted by molar-refractivity contribution is 5.92. The molecule has 0 aliphatic rings. The van der Waals surface area contributed by atoms with E-state index < -0.39 is 18.0 Å². The normalized spacial score (nSPS) is 12.3. The molecule has 11 heteroatoms. The third-order valence-electron chi connectivity index (χ3n) is 6.09. The lowest BCUT2D eigenvalue weighted by Crippen LogP contribution is -2.51. The van der Waals surface area contributed by atoms with Gasteiger partial charge in [0.1, 0.15) is 12.3 Å². The number of aldehydes is 1. The van der Waals surface area contributed by atoms with Crippen molar-refractivity contribution in [2.75, 3.05) is 25.0 Å². The number of hydrogen-bond donors (Lipinski definition) is 4. The van der Waals surface area contributed by atoms with E-state index in [-0.39, 0.29) is 24.9 Å². The number of aromatic nitrogens is 2. The Morgan fingerprint density at radius 1 is 0.902 bits per heavy atom. The molecule has 3 rings (SSSR count). The predicted octanol–water partition coefficient (Wildman–Crippen LogP) is 1.46. The molecule has 1 aromatic carbocycles. The van der Waals surface area contributed by atoms with Crippen LogP contribution >= 0.6 is 0 Å². The number of anilines is 1. The molecule has 11 nitrogen and oxygen atoms in total. The Morgan fingerprint density at radius 2 is 1.54 bits per heavy atom. The Kier molecular flexibility index (Phi) is 12.6. The summed E-state index contributed by atoms with van der Waals surface area (Å²) in [5.41, 5.74) is 3.49. The topological polar surface area (TPSA) is 145 Å². The second-order valence-corrected chi connectivity index (χ2v) is 9.66. The molecule has 2 heterocycles. The molecule has 0 aliphatic heterocycles. The number of benzene rings is 1. The van der Waals surface area contributed by atoms with E-state index in [0.29, 0.717) is 38.0 Å². The first-order valence-electron chi connectivity index (χ1n) is 13.5. The Morgan fingerprint density at radius 3 is 2.07 bits per heavy atom. The van der Waals surface area contributed by atoms with Crippen LogP contribution in [0.15, 0.2) is 73.1 Å². The molecule has 216 valence electrons. The maximum Gasteiger partial charge on any atom is 0.242 e. The van der Waals surface area contributed by atoms with Crippen molar-refractivity contribution in [2.45, 2.75) is 45.4 Å². The third-order valence-corrected chi connectivity index (χ3v) is 6.09. The van der Waals surface area contributed by atoms with Crippen molar-refractivity contribution in [3.63, 3.8) is 0 Å². The lowest BCUT2D eigenvalue weighted by Gasteiger charge is -2.21. The van der Waals surface area contributed by atoms with Crippen molar-refractivity contribution >= 4 is 29.7 Å². The van der Waals surface area contributed by atoms with Gasteiger partial charge in [-0.3, -0.25) is 29.3 Å². The minimum absolute atomic E-state index is 0.138. The fourth-order valence-corrected chi connectivity index (χ4v) is 4.07. The van der Waals surface area contributed by atoms with Crippen LogP contribution in [0.3, 0.4) is 0 Å². The van der Waals surface area contributed by atoms with Gasteiger partial charge in [-0.1, -0.05) is 24.3 Å². The quantitative estimate of drug-likeness (QED) is 0.152. The summed E-state index contributed by atoms with van der Waals surface area (Å²) in [6.45, 7) is 4.94. The van der Waals surface area contributed by atoms with E-state index in [0.717, 1.165) is 17.0 Å². The first-order valence-corrected chi connectivity index (χ1v) is 13.5. The van der Waals surface area contributed by atoms with Gasteiger partial charge in [0.05, 0.1) is 24.0 Å². The molecule has 2 atom stereocenters. The summed E-state index contributed by atoms with van der Waals surface area (Å²) in [6, 6.07) is 17.6. The number of carbonyl (C=O) groups is 4. The Balaban J connectivity index is 1.44. The predicted molar refractivity (Wildman–Crippen MR) is 156 cm³/mol. The van der Waals surface area contributed by atoms with E-state index >= 15 is 0 Å². The number of nitrogens with one attached hydrogen (secondary N) is 4. The van der Waals surface area contributed by atoms with Gasteiger partial charge < -0.3 is 26.1 Å². The van der Waals surface area contributed by atoms with Crippen LogP contribution in [0.5, 0.6) is 0 Å². The molecule has 0 bridgehead atoms. The molecule has 0 saturated carbocycles. The largest absolute Gasteiger partial charge is 0.345 e.